The predicted molar refractivity (Wildman–Crippen MR) is 99.2 cm³/mol. The van der Waals surface area contributed by atoms with Crippen LogP contribution in [0.25, 0.3) is 22.4 Å². The third-order valence-corrected chi connectivity index (χ3v) is 4.81. The highest BCUT2D eigenvalue weighted by molar-refractivity contribution is 7.99. The first-order valence-corrected chi connectivity index (χ1v) is 9.20. The molecule has 4 aromatic rings. The minimum Gasteiger partial charge on any atom is -0.497 e. The van der Waals surface area contributed by atoms with E-state index in [-0.39, 0.29) is 0 Å². The van der Waals surface area contributed by atoms with Gasteiger partial charge in [-0.05, 0) is 30.7 Å². The van der Waals surface area contributed by atoms with Crippen molar-refractivity contribution >= 4 is 22.8 Å². The van der Waals surface area contributed by atoms with Crippen LogP contribution in [0.2, 0.25) is 0 Å². The van der Waals surface area contributed by atoms with E-state index >= 15 is 0 Å². The molecule has 0 aliphatic carbocycles. The lowest BCUT2D eigenvalue weighted by molar-refractivity contribution is 0.378. The summed E-state index contributed by atoms with van der Waals surface area (Å²) >= 11 is 1.68. The Kier molecular flexibility index (Phi) is 4.83. The average Bonchev–Trinajstić information content (AvgIpc) is 3.32. The fourth-order valence-electron chi connectivity index (χ4n) is 2.53. The highest BCUT2D eigenvalue weighted by Crippen LogP contribution is 2.24. The van der Waals surface area contributed by atoms with Gasteiger partial charge in [-0.15, -0.1) is 0 Å². The van der Waals surface area contributed by atoms with Crippen LogP contribution < -0.4 is 4.74 Å². The van der Waals surface area contributed by atoms with Crippen molar-refractivity contribution in [2.45, 2.75) is 18.0 Å². The number of fused-ring (bicyclic) bond motifs is 1. The highest BCUT2D eigenvalue weighted by atomic mass is 32.2. The molecule has 4 rings (SSSR count). The summed E-state index contributed by atoms with van der Waals surface area (Å²) in [5, 5.41) is 4.92. The minimum absolute atomic E-state index is 0.598. The number of benzene rings is 1. The molecule has 8 heteroatoms. The molecule has 0 aliphatic heterocycles. The molecular weight excluding hydrogens is 350 g/mol. The molecule has 0 fully saturated rings. The molecule has 3 aromatic heterocycles. The predicted octanol–water partition coefficient (Wildman–Crippen LogP) is 3.74. The van der Waals surface area contributed by atoms with Crippen LogP contribution in [0.5, 0.6) is 5.75 Å². The molecule has 0 bridgehead atoms. The second kappa shape index (κ2) is 7.57. The number of ether oxygens (including phenoxy) is 1. The number of thioether (sulfide) groups is 1. The highest BCUT2D eigenvalue weighted by Gasteiger charge is 2.09. The Morgan fingerprint density at radius 3 is 2.88 bits per heavy atom. The largest absolute Gasteiger partial charge is 0.497 e. The number of hydrogen-bond acceptors (Lipinski definition) is 7. The summed E-state index contributed by atoms with van der Waals surface area (Å²) in [6.45, 7) is 0. The quantitative estimate of drug-likeness (QED) is 0.393. The Morgan fingerprint density at radius 1 is 1.15 bits per heavy atom. The monoisotopic (exact) mass is 367 g/mol. The number of H-pyrrole nitrogens is 1. The number of nitrogens with one attached hydrogen (secondary N) is 1. The Hall–Kier alpha value is -2.87. The van der Waals surface area contributed by atoms with E-state index in [0.717, 1.165) is 46.1 Å². The number of pyridine rings is 1. The first-order chi connectivity index (χ1) is 12.8. The van der Waals surface area contributed by atoms with Crippen LogP contribution in [0.3, 0.4) is 0 Å². The van der Waals surface area contributed by atoms with Crippen molar-refractivity contribution in [3.63, 3.8) is 0 Å². The number of methoxy groups -OCH3 is 1. The van der Waals surface area contributed by atoms with Crippen molar-refractivity contribution in [3.05, 3.63) is 48.6 Å². The first-order valence-electron chi connectivity index (χ1n) is 8.21. The number of hydrogen-bond donors (Lipinski definition) is 1. The first kappa shape index (κ1) is 16.6. The van der Waals surface area contributed by atoms with E-state index in [0.29, 0.717) is 11.7 Å². The zero-order chi connectivity index (χ0) is 17.8. The lowest BCUT2D eigenvalue weighted by atomic mass is 10.2. The van der Waals surface area contributed by atoms with Gasteiger partial charge >= 0.3 is 0 Å². The topological polar surface area (TPSA) is 89.7 Å². The fourth-order valence-corrected chi connectivity index (χ4v) is 3.35. The van der Waals surface area contributed by atoms with Crippen LogP contribution in [-0.4, -0.2) is 38.0 Å². The van der Waals surface area contributed by atoms with Gasteiger partial charge in [-0.1, -0.05) is 16.9 Å². The van der Waals surface area contributed by atoms with Crippen LogP contribution in [0.4, 0.5) is 0 Å². The summed E-state index contributed by atoms with van der Waals surface area (Å²) in [6, 6.07) is 9.54. The number of aromatic amines is 1. The van der Waals surface area contributed by atoms with Gasteiger partial charge in [0.25, 0.3) is 0 Å². The van der Waals surface area contributed by atoms with Crippen molar-refractivity contribution in [1.82, 2.24) is 25.1 Å². The second-order valence-electron chi connectivity index (χ2n) is 5.62. The van der Waals surface area contributed by atoms with Crippen LogP contribution in [-0.2, 0) is 6.42 Å². The molecule has 0 atom stereocenters. The van der Waals surface area contributed by atoms with Crippen molar-refractivity contribution in [3.8, 4) is 17.1 Å². The Morgan fingerprint density at radius 2 is 2.04 bits per heavy atom. The van der Waals surface area contributed by atoms with Crippen molar-refractivity contribution in [2.24, 2.45) is 0 Å². The maximum atomic E-state index is 5.32. The van der Waals surface area contributed by atoms with E-state index < -0.39 is 0 Å². The number of imidazole rings is 1. The van der Waals surface area contributed by atoms with Gasteiger partial charge in [-0.3, -0.25) is 4.98 Å². The molecule has 1 N–H and O–H groups in total. The number of rotatable bonds is 7. The van der Waals surface area contributed by atoms with Gasteiger partial charge in [0.15, 0.2) is 5.16 Å². The number of aromatic nitrogens is 5. The van der Waals surface area contributed by atoms with E-state index in [1.807, 2.05) is 30.3 Å². The average molecular weight is 367 g/mol. The molecule has 1 aromatic carbocycles. The summed E-state index contributed by atoms with van der Waals surface area (Å²) in [7, 11) is 1.66. The summed E-state index contributed by atoms with van der Waals surface area (Å²) in [6.07, 6.45) is 5.08. The summed E-state index contributed by atoms with van der Waals surface area (Å²) in [5.41, 5.74) is 2.82. The van der Waals surface area contributed by atoms with Gasteiger partial charge in [0, 0.05) is 36.2 Å². The maximum Gasteiger partial charge on any atom is 0.226 e. The van der Waals surface area contributed by atoms with E-state index in [9.17, 15) is 0 Å². The zero-order valence-corrected chi connectivity index (χ0v) is 15.0. The summed E-state index contributed by atoms with van der Waals surface area (Å²) < 4.78 is 10.5. The third-order valence-electron chi connectivity index (χ3n) is 3.85. The minimum atomic E-state index is 0.598. The molecule has 0 saturated carbocycles. The SMILES string of the molecule is COc1ccc2nc(SCCCc3nc(-c4ccncc4)no3)[nH]c2c1. The van der Waals surface area contributed by atoms with Crippen molar-refractivity contribution < 1.29 is 9.26 Å². The van der Waals surface area contributed by atoms with Gasteiger partial charge < -0.3 is 14.2 Å². The Labute approximate surface area is 154 Å². The number of nitrogens with zero attached hydrogens (tertiary/aromatic N) is 4. The molecule has 26 heavy (non-hydrogen) atoms. The van der Waals surface area contributed by atoms with Gasteiger partial charge in [0.05, 0.1) is 18.1 Å². The molecule has 132 valence electrons. The Bertz CT molecular complexity index is 999. The third kappa shape index (κ3) is 3.70. The van der Waals surface area contributed by atoms with E-state index in [2.05, 4.69) is 25.1 Å². The maximum absolute atomic E-state index is 5.32. The standard InChI is InChI=1S/C18H17N5O2S/c1-24-13-4-5-14-15(11-13)21-18(20-14)26-10-2-3-16-22-17(23-25-16)12-6-8-19-9-7-12/h4-9,11H,2-3,10H2,1H3,(H,20,21). The molecule has 3 heterocycles. The van der Waals surface area contributed by atoms with Crippen LogP contribution in [0, 0.1) is 0 Å². The molecule has 0 spiro atoms. The molecular formula is C18H17N5O2S. The molecule has 0 saturated heterocycles. The van der Waals surface area contributed by atoms with E-state index in [1.165, 1.54) is 0 Å². The van der Waals surface area contributed by atoms with Crippen LogP contribution in [0.15, 0.2) is 52.4 Å². The molecule has 0 aliphatic rings. The van der Waals surface area contributed by atoms with Gasteiger partial charge in [-0.2, -0.15) is 4.98 Å². The summed E-state index contributed by atoms with van der Waals surface area (Å²) in [4.78, 5) is 16.3. The smallest absolute Gasteiger partial charge is 0.226 e. The van der Waals surface area contributed by atoms with Crippen LogP contribution in [0.1, 0.15) is 12.3 Å². The molecule has 0 unspecified atom stereocenters. The normalized spacial score (nSPS) is 11.1. The van der Waals surface area contributed by atoms with Gasteiger partial charge in [0.2, 0.25) is 11.7 Å². The van der Waals surface area contributed by atoms with E-state index in [4.69, 9.17) is 9.26 Å². The second-order valence-corrected chi connectivity index (χ2v) is 6.71. The Balaban J connectivity index is 1.31. The van der Waals surface area contributed by atoms with Crippen molar-refractivity contribution in [1.29, 1.82) is 0 Å². The summed E-state index contributed by atoms with van der Waals surface area (Å²) in [5.74, 6) is 2.97. The lowest BCUT2D eigenvalue weighted by Gasteiger charge is -1.96. The van der Waals surface area contributed by atoms with Crippen LogP contribution >= 0.6 is 11.8 Å². The molecule has 0 radical (unpaired) electrons. The van der Waals surface area contributed by atoms with Gasteiger partial charge in [0.1, 0.15) is 5.75 Å². The fraction of sp³-hybridized carbons (Fsp3) is 0.222. The van der Waals surface area contributed by atoms with Crippen molar-refractivity contribution in [2.75, 3.05) is 12.9 Å². The number of aryl methyl sites for hydroxylation is 1. The zero-order valence-electron chi connectivity index (χ0n) is 14.2. The molecule has 7 nitrogen and oxygen atoms in total. The molecule has 0 amide bonds. The van der Waals surface area contributed by atoms with E-state index in [1.54, 1.807) is 31.3 Å². The lowest BCUT2D eigenvalue weighted by Crippen LogP contribution is -1.89. The van der Waals surface area contributed by atoms with Gasteiger partial charge in [-0.25, -0.2) is 4.98 Å².